The Balaban J connectivity index is 1.79. The lowest BCUT2D eigenvalue weighted by molar-refractivity contribution is -0.135. The Kier molecular flexibility index (Phi) is 4.91. The molecule has 1 unspecified atom stereocenters. The number of hydrogen-bond acceptors (Lipinski definition) is 4. The normalized spacial score (nSPS) is 24.0. The van der Waals surface area contributed by atoms with Crippen molar-refractivity contribution in [3.63, 3.8) is 0 Å². The van der Waals surface area contributed by atoms with E-state index in [1.165, 1.54) is 10.4 Å². The maximum Gasteiger partial charge on any atom is 0.243 e. The molecule has 126 valence electrons. The smallest absolute Gasteiger partial charge is 0.243 e. The van der Waals surface area contributed by atoms with E-state index < -0.39 is 10.0 Å². The van der Waals surface area contributed by atoms with Gasteiger partial charge in [0.25, 0.3) is 0 Å². The van der Waals surface area contributed by atoms with E-state index in [2.05, 4.69) is 5.32 Å². The molecule has 23 heavy (non-hydrogen) atoms. The molecule has 2 heterocycles. The van der Waals surface area contributed by atoms with Crippen LogP contribution in [0.1, 0.15) is 12.8 Å². The standard InChI is InChI=1S/C15H20ClN3O3S/c16-12-3-1-5-14(9-12)23(21,22)18-7-2-4-13(11-18)19-8-6-17-10-15(19)20/h1,3,5,9,13,17H,2,4,6-8,10-11H2. The summed E-state index contributed by atoms with van der Waals surface area (Å²) in [5.41, 5.74) is 0. The van der Waals surface area contributed by atoms with Gasteiger partial charge in [0.1, 0.15) is 0 Å². The molecule has 2 saturated heterocycles. The number of halogens is 1. The van der Waals surface area contributed by atoms with Crippen LogP contribution in [0.15, 0.2) is 29.2 Å². The first-order chi connectivity index (χ1) is 11.0. The van der Waals surface area contributed by atoms with Gasteiger partial charge in [-0.25, -0.2) is 8.42 Å². The number of rotatable bonds is 3. The second-order valence-corrected chi connectivity index (χ2v) is 8.25. The van der Waals surface area contributed by atoms with E-state index in [0.29, 0.717) is 31.2 Å². The third-order valence-electron chi connectivity index (χ3n) is 4.36. The molecule has 1 aromatic carbocycles. The average Bonchev–Trinajstić information content (AvgIpc) is 2.55. The molecule has 0 spiro atoms. The van der Waals surface area contributed by atoms with Crippen LogP contribution in [0.4, 0.5) is 0 Å². The number of nitrogens with one attached hydrogen (secondary N) is 1. The van der Waals surface area contributed by atoms with Gasteiger partial charge < -0.3 is 10.2 Å². The largest absolute Gasteiger partial charge is 0.336 e. The van der Waals surface area contributed by atoms with Crippen LogP contribution in [0.2, 0.25) is 5.02 Å². The summed E-state index contributed by atoms with van der Waals surface area (Å²) in [5, 5.41) is 3.44. The van der Waals surface area contributed by atoms with E-state index in [0.717, 1.165) is 19.4 Å². The number of amides is 1. The van der Waals surface area contributed by atoms with Crippen LogP contribution in [-0.4, -0.2) is 62.3 Å². The number of nitrogens with zero attached hydrogens (tertiary/aromatic N) is 2. The van der Waals surface area contributed by atoms with E-state index in [4.69, 9.17) is 11.6 Å². The molecule has 6 nitrogen and oxygen atoms in total. The molecule has 2 aliphatic rings. The highest BCUT2D eigenvalue weighted by Gasteiger charge is 2.35. The van der Waals surface area contributed by atoms with Gasteiger partial charge in [-0.3, -0.25) is 4.79 Å². The van der Waals surface area contributed by atoms with Crippen LogP contribution in [0, 0.1) is 0 Å². The summed E-state index contributed by atoms with van der Waals surface area (Å²) in [6.45, 7) is 2.54. The van der Waals surface area contributed by atoms with Crippen molar-refractivity contribution in [1.29, 1.82) is 0 Å². The molecule has 1 amide bonds. The van der Waals surface area contributed by atoms with Crippen molar-refractivity contribution in [3.05, 3.63) is 29.3 Å². The van der Waals surface area contributed by atoms with Gasteiger partial charge in [0, 0.05) is 37.2 Å². The number of carbonyl (C=O) groups is 1. The minimum atomic E-state index is -3.58. The first-order valence-corrected chi connectivity index (χ1v) is 9.56. The Hall–Kier alpha value is -1.15. The van der Waals surface area contributed by atoms with Crippen LogP contribution in [-0.2, 0) is 14.8 Å². The first-order valence-electron chi connectivity index (χ1n) is 7.74. The van der Waals surface area contributed by atoms with Crippen LogP contribution in [0.25, 0.3) is 0 Å². The summed E-state index contributed by atoms with van der Waals surface area (Å²) in [6.07, 6.45) is 1.59. The number of piperidine rings is 1. The van der Waals surface area contributed by atoms with E-state index in [1.807, 2.05) is 4.90 Å². The van der Waals surface area contributed by atoms with Gasteiger partial charge >= 0.3 is 0 Å². The van der Waals surface area contributed by atoms with Crippen molar-refractivity contribution in [1.82, 2.24) is 14.5 Å². The number of sulfonamides is 1. The van der Waals surface area contributed by atoms with E-state index in [-0.39, 0.29) is 16.8 Å². The van der Waals surface area contributed by atoms with Gasteiger partial charge in [0.05, 0.1) is 11.4 Å². The maximum atomic E-state index is 12.8. The molecule has 2 fully saturated rings. The van der Waals surface area contributed by atoms with E-state index >= 15 is 0 Å². The molecule has 0 bridgehead atoms. The minimum Gasteiger partial charge on any atom is -0.336 e. The molecular formula is C15H20ClN3O3S. The fraction of sp³-hybridized carbons (Fsp3) is 0.533. The van der Waals surface area contributed by atoms with Gasteiger partial charge in [-0.2, -0.15) is 4.31 Å². The topological polar surface area (TPSA) is 69.7 Å². The second kappa shape index (κ2) is 6.76. The molecule has 2 aliphatic heterocycles. The summed E-state index contributed by atoms with van der Waals surface area (Å²) < 4.78 is 27.1. The molecule has 3 rings (SSSR count). The molecule has 8 heteroatoms. The zero-order chi connectivity index (χ0) is 16.4. The van der Waals surface area contributed by atoms with Crippen molar-refractivity contribution in [3.8, 4) is 0 Å². The highest BCUT2D eigenvalue weighted by Crippen LogP contribution is 2.25. The summed E-state index contributed by atoms with van der Waals surface area (Å²) in [5.74, 6) is 0.0447. The summed E-state index contributed by atoms with van der Waals surface area (Å²) >= 11 is 5.92. The molecule has 1 N–H and O–H groups in total. The van der Waals surface area contributed by atoms with Gasteiger partial charge in [-0.1, -0.05) is 17.7 Å². The number of carbonyl (C=O) groups excluding carboxylic acids is 1. The Morgan fingerprint density at radius 1 is 1.26 bits per heavy atom. The number of hydrogen-bond donors (Lipinski definition) is 1. The Labute approximate surface area is 141 Å². The van der Waals surface area contributed by atoms with Crippen molar-refractivity contribution >= 4 is 27.5 Å². The fourth-order valence-electron chi connectivity index (χ4n) is 3.18. The SMILES string of the molecule is O=C1CNCCN1C1CCCN(S(=O)(=O)c2cccc(Cl)c2)C1. The molecular weight excluding hydrogens is 338 g/mol. The summed E-state index contributed by atoms with van der Waals surface area (Å²) in [4.78, 5) is 14.1. The van der Waals surface area contributed by atoms with Gasteiger partial charge in [0.2, 0.25) is 15.9 Å². The third kappa shape index (κ3) is 3.52. The lowest BCUT2D eigenvalue weighted by Gasteiger charge is -2.40. The van der Waals surface area contributed by atoms with Gasteiger partial charge in [0.15, 0.2) is 0 Å². The first kappa shape index (κ1) is 16.7. The number of benzene rings is 1. The highest BCUT2D eigenvalue weighted by atomic mass is 35.5. The Morgan fingerprint density at radius 2 is 2.09 bits per heavy atom. The molecule has 1 atom stereocenters. The fourth-order valence-corrected chi connectivity index (χ4v) is 4.99. The molecule has 0 radical (unpaired) electrons. The molecule has 1 aromatic rings. The van der Waals surface area contributed by atoms with Crippen LogP contribution in [0.5, 0.6) is 0 Å². The Morgan fingerprint density at radius 3 is 2.83 bits per heavy atom. The van der Waals surface area contributed by atoms with Crippen LogP contribution in [0.3, 0.4) is 0 Å². The predicted octanol–water partition coefficient (Wildman–Crippen LogP) is 0.925. The zero-order valence-electron chi connectivity index (χ0n) is 12.7. The zero-order valence-corrected chi connectivity index (χ0v) is 14.3. The second-order valence-electron chi connectivity index (χ2n) is 5.88. The molecule has 0 aromatic heterocycles. The molecule has 0 saturated carbocycles. The summed E-state index contributed by atoms with van der Waals surface area (Å²) in [6, 6.07) is 6.26. The average molecular weight is 358 g/mol. The van der Waals surface area contributed by atoms with Crippen LogP contribution < -0.4 is 5.32 Å². The molecule has 0 aliphatic carbocycles. The monoisotopic (exact) mass is 357 g/mol. The minimum absolute atomic E-state index is 0.0447. The Bertz CT molecular complexity index is 695. The maximum absolute atomic E-state index is 12.8. The van der Waals surface area contributed by atoms with Crippen molar-refractivity contribution in [2.45, 2.75) is 23.8 Å². The van der Waals surface area contributed by atoms with Crippen molar-refractivity contribution < 1.29 is 13.2 Å². The quantitative estimate of drug-likeness (QED) is 0.873. The lowest BCUT2D eigenvalue weighted by Crippen LogP contribution is -2.57. The number of piperazine rings is 1. The van der Waals surface area contributed by atoms with Crippen molar-refractivity contribution in [2.75, 3.05) is 32.7 Å². The highest BCUT2D eigenvalue weighted by molar-refractivity contribution is 7.89. The van der Waals surface area contributed by atoms with E-state index in [1.54, 1.807) is 18.2 Å². The van der Waals surface area contributed by atoms with Crippen LogP contribution >= 0.6 is 11.6 Å². The summed E-state index contributed by atoms with van der Waals surface area (Å²) in [7, 11) is -3.58. The third-order valence-corrected chi connectivity index (χ3v) is 6.46. The van der Waals surface area contributed by atoms with Gasteiger partial charge in [-0.15, -0.1) is 0 Å². The predicted molar refractivity (Wildman–Crippen MR) is 87.8 cm³/mol. The lowest BCUT2D eigenvalue weighted by atomic mass is 10.1. The van der Waals surface area contributed by atoms with Crippen molar-refractivity contribution in [2.24, 2.45) is 0 Å². The van der Waals surface area contributed by atoms with E-state index in [9.17, 15) is 13.2 Å². The van der Waals surface area contributed by atoms with Gasteiger partial charge in [-0.05, 0) is 31.0 Å².